The van der Waals surface area contributed by atoms with E-state index in [0.29, 0.717) is 17.2 Å². The van der Waals surface area contributed by atoms with Crippen LogP contribution in [0.15, 0.2) is 72.0 Å². The number of amides is 1. The number of ether oxygens (including phenoxy) is 1. The Labute approximate surface area is 163 Å². The Morgan fingerprint density at radius 2 is 1.68 bits per heavy atom. The van der Waals surface area contributed by atoms with Gasteiger partial charge in [-0.3, -0.25) is 4.79 Å². The lowest BCUT2D eigenvalue weighted by atomic mass is 10.3. The van der Waals surface area contributed by atoms with Crippen molar-refractivity contribution in [3.8, 4) is 11.5 Å². The SMILES string of the molecule is O=C(CSc1nccc(C(F)(F)F)n1)Nc1ccc(Oc2ccccc2)cc1. The fourth-order valence-corrected chi connectivity index (χ4v) is 2.76. The van der Waals surface area contributed by atoms with Crippen LogP contribution in [-0.4, -0.2) is 21.6 Å². The zero-order valence-electron chi connectivity index (χ0n) is 14.3. The van der Waals surface area contributed by atoms with E-state index in [1.165, 1.54) is 0 Å². The first kappa shape index (κ1) is 19.7. The van der Waals surface area contributed by atoms with E-state index in [1.54, 1.807) is 24.3 Å². The van der Waals surface area contributed by atoms with Crippen LogP contribution in [0.25, 0.3) is 0 Å². The van der Waals surface area contributed by atoms with Gasteiger partial charge in [-0.25, -0.2) is 9.97 Å². The molecule has 0 aliphatic heterocycles. The summed E-state index contributed by atoms with van der Waals surface area (Å²) in [5, 5.41) is 2.54. The number of rotatable bonds is 6. The number of anilines is 1. The number of carbonyl (C=O) groups is 1. The molecule has 0 fully saturated rings. The zero-order chi connectivity index (χ0) is 20.0. The average Bonchev–Trinajstić information content (AvgIpc) is 2.68. The van der Waals surface area contributed by atoms with E-state index in [9.17, 15) is 18.0 Å². The van der Waals surface area contributed by atoms with Gasteiger partial charge in [0.1, 0.15) is 17.2 Å². The number of hydrogen-bond acceptors (Lipinski definition) is 5. The molecule has 0 aliphatic carbocycles. The van der Waals surface area contributed by atoms with Gasteiger partial charge >= 0.3 is 6.18 Å². The van der Waals surface area contributed by atoms with E-state index in [4.69, 9.17) is 4.74 Å². The number of para-hydroxylation sites is 1. The van der Waals surface area contributed by atoms with Crippen molar-refractivity contribution in [1.29, 1.82) is 0 Å². The summed E-state index contributed by atoms with van der Waals surface area (Å²) in [5.74, 6) is 0.791. The number of nitrogens with one attached hydrogen (secondary N) is 1. The van der Waals surface area contributed by atoms with Crippen LogP contribution in [0, 0.1) is 0 Å². The number of benzene rings is 2. The van der Waals surface area contributed by atoms with Crippen molar-refractivity contribution in [2.75, 3.05) is 11.1 Å². The quantitative estimate of drug-likeness (QED) is 0.461. The fraction of sp³-hybridized carbons (Fsp3) is 0.105. The predicted molar refractivity (Wildman–Crippen MR) is 99.3 cm³/mol. The summed E-state index contributed by atoms with van der Waals surface area (Å²) in [6.07, 6.45) is -3.54. The van der Waals surface area contributed by atoms with E-state index in [0.717, 1.165) is 24.0 Å². The fourth-order valence-electron chi connectivity index (χ4n) is 2.13. The lowest BCUT2D eigenvalue weighted by Gasteiger charge is -2.08. The smallest absolute Gasteiger partial charge is 0.433 e. The highest BCUT2D eigenvalue weighted by Gasteiger charge is 2.32. The summed E-state index contributed by atoms with van der Waals surface area (Å²) in [6.45, 7) is 0. The van der Waals surface area contributed by atoms with Crippen LogP contribution in [0.3, 0.4) is 0 Å². The van der Waals surface area contributed by atoms with Gasteiger partial charge < -0.3 is 10.1 Å². The number of thioether (sulfide) groups is 1. The highest BCUT2D eigenvalue weighted by Crippen LogP contribution is 2.28. The molecule has 2 aromatic carbocycles. The molecule has 28 heavy (non-hydrogen) atoms. The molecule has 0 radical (unpaired) electrons. The van der Waals surface area contributed by atoms with Crippen LogP contribution in [0.4, 0.5) is 18.9 Å². The summed E-state index contributed by atoms with van der Waals surface area (Å²) in [7, 11) is 0. The molecule has 1 amide bonds. The minimum Gasteiger partial charge on any atom is -0.457 e. The summed E-state index contributed by atoms with van der Waals surface area (Å²) < 4.78 is 43.6. The number of nitrogens with zero attached hydrogens (tertiary/aromatic N) is 2. The minimum atomic E-state index is -4.55. The standard InChI is InChI=1S/C19H14F3N3O2S/c20-19(21,22)16-10-11-23-18(25-16)28-12-17(26)24-13-6-8-15(9-7-13)27-14-4-2-1-3-5-14/h1-11H,12H2,(H,24,26). The molecule has 0 atom stereocenters. The van der Waals surface area contributed by atoms with Crippen molar-refractivity contribution < 1.29 is 22.7 Å². The second-order valence-electron chi connectivity index (χ2n) is 5.50. The van der Waals surface area contributed by atoms with E-state index >= 15 is 0 Å². The number of alkyl halides is 3. The molecule has 1 heterocycles. The second kappa shape index (κ2) is 8.75. The molecule has 0 spiro atoms. The summed E-state index contributed by atoms with van der Waals surface area (Å²) >= 11 is 0.824. The number of hydrogen-bond donors (Lipinski definition) is 1. The van der Waals surface area contributed by atoms with Crippen LogP contribution in [0.5, 0.6) is 11.5 Å². The molecule has 3 aromatic rings. The number of halogens is 3. The number of aromatic nitrogens is 2. The molecule has 0 saturated carbocycles. The van der Waals surface area contributed by atoms with E-state index < -0.39 is 11.9 Å². The molecule has 1 N–H and O–H groups in total. The molecular formula is C19H14F3N3O2S. The molecule has 5 nitrogen and oxygen atoms in total. The Bertz CT molecular complexity index is 935. The van der Waals surface area contributed by atoms with Crippen molar-refractivity contribution in [3.05, 3.63) is 72.6 Å². The highest BCUT2D eigenvalue weighted by atomic mass is 32.2. The van der Waals surface area contributed by atoms with Gasteiger partial charge in [0.05, 0.1) is 5.75 Å². The van der Waals surface area contributed by atoms with Gasteiger partial charge in [-0.2, -0.15) is 13.2 Å². The third kappa shape index (κ3) is 5.71. The minimum absolute atomic E-state index is 0.114. The van der Waals surface area contributed by atoms with Crippen molar-refractivity contribution in [2.45, 2.75) is 11.3 Å². The van der Waals surface area contributed by atoms with E-state index in [2.05, 4.69) is 15.3 Å². The van der Waals surface area contributed by atoms with Crippen molar-refractivity contribution in [3.63, 3.8) is 0 Å². The molecule has 0 saturated heterocycles. The van der Waals surface area contributed by atoms with Gasteiger partial charge in [-0.1, -0.05) is 30.0 Å². The van der Waals surface area contributed by atoms with Gasteiger partial charge in [-0.05, 0) is 42.5 Å². The lowest BCUT2D eigenvalue weighted by Crippen LogP contribution is -2.14. The Morgan fingerprint density at radius 3 is 2.36 bits per heavy atom. The zero-order valence-corrected chi connectivity index (χ0v) is 15.1. The maximum Gasteiger partial charge on any atom is 0.433 e. The monoisotopic (exact) mass is 405 g/mol. The maximum absolute atomic E-state index is 12.6. The summed E-state index contributed by atoms with van der Waals surface area (Å²) in [6, 6.07) is 16.8. The van der Waals surface area contributed by atoms with Crippen molar-refractivity contribution >= 4 is 23.4 Å². The first-order valence-electron chi connectivity index (χ1n) is 8.06. The van der Waals surface area contributed by atoms with Crippen molar-refractivity contribution in [1.82, 2.24) is 9.97 Å². The Balaban J connectivity index is 1.52. The molecule has 0 bridgehead atoms. The van der Waals surface area contributed by atoms with Crippen LogP contribution in [0.2, 0.25) is 0 Å². The van der Waals surface area contributed by atoms with Gasteiger partial charge in [0, 0.05) is 11.9 Å². The molecule has 144 valence electrons. The molecule has 9 heteroatoms. The van der Waals surface area contributed by atoms with Crippen LogP contribution in [-0.2, 0) is 11.0 Å². The summed E-state index contributed by atoms with van der Waals surface area (Å²) in [5.41, 5.74) is -0.504. The normalized spacial score (nSPS) is 11.1. The van der Waals surface area contributed by atoms with Crippen molar-refractivity contribution in [2.24, 2.45) is 0 Å². The van der Waals surface area contributed by atoms with Crippen LogP contribution >= 0.6 is 11.8 Å². The molecule has 0 aliphatic rings. The molecule has 0 unspecified atom stereocenters. The summed E-state index contributed by atoms with van der Waals surface area (Å²) in [4.78, 5) is 19.1. The van der Waals surface area contributed by atoms with Gasteiger partial charge in [0.15, 0.2) is 5.16 Å². The number of carbonyl (C=O) groups excluding carboxylic acids is 1. The third-order valence-corrected chi connectivity index (χ3v) is 4.23. The van der Waals surface area contributed by atoms with Gasteiger partial charge in [0.2, 0.25) is 5.91 Å². The topological polar surface area (TPSA) is 64.1 Å². The van der Waals surface area contributed by atoms with E-state index in [-0.39, 0.29) is 16.8 Å². The van der Waals surface area contributed by atoms with E-state index in [1.807, 2.05) is 30.3 Å². The largest absolute Gasteiger partial charge is 0.457 e. The highest BCUT2D eigenvalue weighted by molar-refractivity contribution is 7.99. The Morgan fingerprint density at radius 1 is 1.00 bits per heavy atom. The Hall–Kier alpha value is -3.07. The lowest BCUT2D eigenvalue weighted by molar-refractivity contribution is -0.141. The molecule has 1 aromatic heterocycles. The third-order valence-electron chi connectivity index (χ3n) is 3.37. The Kier molecular flexibility index (Phi) is 6.15. The molecule has 3 rings (SSSR count). The first-order valence-corrected chi connectivity index (χ1v) is 9.04. The van der Waals surface area contributed by atoms with Gasteiger partial charge in [-0.15, -0.1) is 0 Å². The average molecular weight is 405 g/mol. The maximum atomic E-state index is 12.6. The molecular weight excluding hydrogens is 391 g/mol. The predicted octanol–water partition coefficient (Wildman–Crippen LogP) is 5.02. The first-order chi connectivity index (χ1) is 13.4. The van der Waals surface area contributed by atoms with Gasteiger partial charge in [0.25, 0.3) is 0 Å². The second-order valence-corrected chi connectivity index (χ2v) is 6.44. The van der Waals surface area contributed by atoms with Crippen LogP contribution < -0.4 is 10.1 Å². The van der Waals surface area contributed by atoms with Crippen LogP contribution in [0.1, 0.15) is 5.69 Å².